The maximum atomic E-state index is 12.8. The zero-order valence-corrected chi connectivity index (χ0v) is 16.8. The molecule has 1 aromatic carbocycles. The summed E-state index contributed by atoms with van der Waals surface area (Å²) in [7, 11) is 0. The van der Waals surface area contributed by atoms with Crippen LogP contribution in [0.15, 0.2) is 52.2 Å². The van der Waals surface area contributed by atoms with Gasteiger partial charge in [-0.15, -0.1) is 0 Å². The molecular formula is C22H21N5O3. The first kappa shape index (κ1) is 18.6. The number of aryl methyl sites for hydroxylation is 2. The van der Waals surface area contributed by atoms with Crippen LogP contribution in [0.4, 0.5) is 0 Å². The first-order valence-corrected chi connectivity index (χ1v) is 9.90. The number of fused-ring (bicyclic) bond motifs is 1. The monoisotopic (exact) mass is 403 g/mol. The van der Waals surface area contributed by atoms with Gasteiger partial charge in [0.25, 0.3) is 5.56 Å². The number of ether oxygens (including phenoxy) is 1. The lowest BCUT2D eigenvalue weighted by Gasteiger charge is -2.09. The van der Waals surface area contributed by atoms with E-state index in [1.807, 2.05) is 6.92 Å². The number of hydrogen-bond acceptors (Lipinski definition) is 7. The van der Waals surface area contributed by atoms with Crippen molar-refractivity contribution in [2.24, 2.45) is 0 Å². The Morgan fingerprint density at radius 2 is 1.97 bits per heavy atom. The average Bonchev–Trinajstić information content (AvgIpc) is 3.40. The third kappa shape index (κ3) is 3.39. The van der Waals surface area contributed by atoms with E-state index in [1.165, 1.54) is 16.5 Å². The molecule has 0 bridgehead atoms. The summed E-state index contributed by atoms with van der Waals surface area (Å²) in [6.45, 7) is 4.64. The summed E-state index contributed by atoms with van der Waals surface area (Å²) in [6, 6.07) is 10.2. The highest BCUT2D eigenvalue weighted by Crippen LogP contribution is 2.37. The molecule has 30 heavy (non-hydrogen) atoms. The van der Waals surface area contributed by atoms with Crippen molar-refractivity contribution >= 4 is 11.0 Å². The molecule has 0 radical (unpaired) electrons. The van der Waals surface area contributed by atoms with Crippen molar-refractivity contribution in [2.75, 3.05) is 6.61 Å². The Morgan fingerprint density at radius 3 is 2.80 bits per heavy atom. The van der Waals surface area contributed by atoms with E-state index in [4.69, 9.17) is 9.26 Å². The second kappa shape index (κ2) is 7.46. The van der Waals surface area contributed by atoms with Crippen LogP contribution in [0.1, 0.15) is 46.8 Å². The van der Waals surface area contributed by atoms with E-state index in [0.717, 1.165) is 17.5 Å². The Balaban J connectivity index is 1.34. The van der Waals surface area contributed by atoms with E-state index >= 15 is 0 Å². The normalized spacial score (nSPS) is 18.9. The Bertz CT molecular complexity index is 1260. The van der Waals surface area contributed by atoms with Crippen LogP contribution in [0.25, 0.3) is 11.0 Å². The lowest BCUT2D eigenvalue weighted by molar-refractivity contribution is 0.110. The van der Waals surface area contributed by atoms with Gasteiger partial charge in [0.1, 0.15) is 12.9 Å². The molecule has 1 fully saturated rings. The molecule has 152 valence electrons. The van der Waals surface area contributed by atoms with Crippen molar-refractivity contribution in [3.8, 4) is 0 Å². The minimum Gasteiger partial charge on any atom is -0.373 e. The van der Waals surface area contributed by atoms with Gasteiger partial charge in [-0.05, 0) is 37.5 Å². The second-order valence-corrected chi connectivity index (χ2v) is 7.72. The Morgan fingerprint density at radius 1 is 1.13 bits per heavy atom. The van der Waals surface area contributed by atoms with Gasteiger partial charge in [-0.2, -0.15) is 4.98 Å². The molecule has 8 heteroatoms. The van der Waals surface area contributed by atoms with Gasteiger partial charge in [0, 0.05) is 12.1 Å². The fourth-order valence-corrected chi connectivity index (χ4v) is 3.80. The van der Waals surface area contributed by atoms with E-state index < -0.39 is 0 Å². The second-order valence-electron chi connectivity index (χ2n) is 7.72. The molecule has 4 heterocycles. The predicted molar refractivity (Wildman–Crippen MR) is 109 cm³/mol. The van der Waals surface area contributed by atoms with E-state index in [-0.39, 0.29) is 24.1 Å². The molecule has 2 atom stereocenters. The quantitative estimate of drug-likeness (QED) is 0.517. The maximum Gasteiger partial charge on any atom is 0.263 e. The van der Waals surface area contributed by atoms with Gasteiger partial charge in [0.05, 0.1) is 18.1 Å². The van der Waals surface area contributed by atoms with E-state index in [1.54, 1.807) is 12.3 Å². The summed E-state index contributed by atoms with van der Waals surface area (Å²) >= 11 is 0. The molecule has 8 nitrogen and oxygen atoms in total. The molecule has 0 spiro atoms. The lowest BCUT2D eigenvalue weighted by atomic mass is 9.99. The van der Waals surface area contributed by atoms with Gasteiger partial charge in [0.15, 0.2) is 11.5 Å². The van der Waals surface area contributed by atoms with Crippen LogP contribution in [0.3, 0.4) is 0 Å². The van der Waals surface area contributed by atoms with Crippen LogP contribution < -0.4 is 5.56 Å². The number of rotatable bonds is 4. The number of hydrogen-bond donors (Lipinski definition) is 0. The number of aromatic nitrogens is 5. The van der Waals surface area contributed by atoms with E-state index in [9.17, 15) is 4.79 Å². The first-order chi connectivity index (χ1) is 14.6. The van der Waals surface area contributed by atoms with Crippen LogP contribution in [-0.2, 0) is 11.3 Å². The largest absolute Gasteiger partial charge is 0.373 e. The minimum absolute atomic E-state index is 0.0281. The van der Waals surface area contributed by atoms with Crippen molar-refractivity contribution in [1.82, 2.24) is 24.7 Å². The van der Waals surface area contributed by atoms with E-state index in [2.05, 4.69) is 51.3 Å². The fraction of sp³-hybridized carbons (Fsp3) is 0.318. The van der Waals surface area contributed by atoms with E-state index in [0.29, 0.717) is 29.4 Å². The molecule has 0 amide bonds. The van der Waals surface area contributed by atoms with Gasteiger partial charge < -0.3 is 9.26 Å². The summed E-state index contributed by atoms with van der Waals surface area (Å²) in [4.78, 5) is 25.8. The summed E-state index contributed by atoms with van der Waals surface area (Å²) < 4.78 is 12.8. The highest BCUT2D eigenvalue weighted by atomic mass is 16.5. The van der Waals surface area contributed by atoms with Crippen molar-refractivity contribution in [2.45, 2.75) is 38.8 Å². The molecule has 1 aliphatic heterocycles. The zero-order valence-electron chi connectivity index (χ0n) is 16.8. The first-order valence-electron chi connectivity index (χ1n) is 9.90. The molecule has 3 aromatic heterocycles. The summed E-state index contributed by atoms with van der Waals surface area (Å²) in [5.41, 5.74) is 3.48. The van der Waals surface area contributed by atoms with Crippen molar-refractivity contribution in [3.63, 3.8) is 0 Å². The topological polar surface area (TPSA) is 95.9 Å². The average molecular weight is 403 g/mol. The summed E-state index contributed by atoms with van der Waals surface area (Å²) in [5, 5.41) is 4.64. The molecule has 1 aliphatic rings. The highest BCUT2D eigenvalue weighted by molar-refractivity contribution is 5.76. The SMILES string of the molecule is Cc1ccc([C@H]2C[C@H](c3noc(Cn4cnc5nccc(C)c5c4=O)n3)CO2)cc1. The standard InChI is InChI=1S/C22H21N5O3/c1-13-3-5-15(6-4-13)17-9-16(11-29-17)20-25-18(30-26-20)10-27-12-24-21-19(22(27)28)14(2)7-8-23-21/h3-8,12,16-17H,9-11H2,1-2H3/t16-,17+/m0/s1. The Labute approximate surface area is 172 Å². The molecular weight excluding hydrogens is 382 g/mol. The van der Waals surface area contributed by atoms with Crippen molar-refractivity contribution < 1.29 is 9.26 Å². The Hall–Kier alpha value is -3.39. The Kier molecular flexibility index (Phi) is 4.63. The molecule has 0 N–H and O–H groups in total. The molecule has 0 saturated carbocycles. The molecule has 0 unspecified atom stereocenters. The van der Waals surface area contributed by atoms with Gasteiger partial charge in [-0.1, -0.05) is 35.0 Å². The van der Waals surface area contributed by atoms with Crippen LogP contribution in [0.2, 0.25) is 0 Å². The third-order valence-corrected chi connectivity index (χ3v) is 5.53. The maximum absolute atomic E-state index is 12.8. The third-order valence-electron chi connectivity index (χ3n) is 5.53. The van der Waals surface area contributed by atoms with Gasteiger partial charge in [0.2, 0.25) is 5.89 Å². The van der Waals surface area contributed by atoms with Gasteiger partial charge in [-0.25, -0.2) is 9.97 Å². The highest BCUT2D eigenvalue weighted by Gasteiger charge is 2.31. The molecule has 0 aliphatic carbocycles. The smallest absolute Gasteiger partial charge is 0.263 e. The molecule has 1 saturated heterocycles. The van der Waals surface area contributed by atoms with Crippen LogP contribution >= 0.6 is 0 Å². The van der Waals surface area contributed by atoms with Crippen LogP contribution in [0.5, 0.6) is 0 Å². The number of pyridine rings is 1. The van der Waals surface area contributed by atoms with Gasteiger partial charge in [-0.3, -0.25) is 9.36 Å². The summed E-state index contributed by atoms with van der Waals surface area (Å²) in [6.07, 6.45) is 3.93. The van der Waals surface area contributed by atoms with Crippen LogP contribution in [-0.4, -0.2) is 31.3 Å². The minimum atomic E-state index is -0.172. The van der Waals surface area contributed by atoms with Gasteiger partial charge >= 0.3 is 0 Å². The molecule has 5 rings (SSSR count). The van der Waals surface area contributed by atoms with Crippen LogP contribution in [0, 0.1) is 13.8 Å². The fourth-order valence-electron chi connectivity index (χ4n) is 3.80. The van der Waals surface area contributed by atoms with Crippen molar-refractivity contribution in [1.29, 1.82) is 0 Å². The number of nitrogens with zero attached hydrogens (tertiary/aromatic N) is 5. The predicted octanol–water partition coefficient (Wildman–Crippen LogP) is 3.08. The molecule has 4 aromatic rings. The number of benzene rings is 1. The zero-order chi connectivity index (χ0) is 20.7. The lowest BCUT2D eigenvalue weighted by Crippen LogP contribution is -2.22. The van der Waals surface area contributed by atoms with Crippen molar-refractivity contribution in [3.05, 3.63) is 81.6 Å². The summed E-state index contributed by atoms with van der Waals surface area (Å²) in [5.74, 6) is 1.04.